The summed E-state index contributed by atoms with van der Waals surface area (Å²) in [6, 6.07) is 15.0. The Kier molecular flexibility index (Phi) is 11.9. The minimum absolute atomic E-state index is 0. The van der Waals surface area contributed by atoms with Crippen molar-refractivity contribution in [1.82, 2.24) is 0 Å². The van der Waals surface area contributed by atoms with Crippen molar-refractivity contribution in [3.63, 3.8) is 0 Å². The van der Waals surface area contributed by atoms with Crippen molar-refractivity contribution in [3.8, 4) is 0 Å². The van der Waals surface area contributed by atoms with Crippen LogP contribution in [0.15, 0.2) is 70.5 Å². The van der Waals surface area contributed by atoms with Gasteiger partial charge < -0.3 is 19.7 Å². The zero-order valence-electron chi connectivity index (χ0n) is 26.3. The maximum Gasteiger partial charge on any atom is 1.00 e. The number of nitrogens with one attached hydrogen (secondary N) is 2. The molecule has 0 heterocycles. The summed E-state index contributed by atoms with van der Waals surface area (Å²) in [5.41, 5.74) is 3.15. The second-order valence-corrected chi connectivity index (χ2v) is 13.1. The van der Waals surface area contributed by atoms with E-state index < -0.39 is 41.6 Å². The number of rotatable bonds is 8. The largest absolute Gasteiger partial charge is 1.00 e. The average molecular weight is 679 g/mol. The number of carbonyl (C=O) groups excluding carboxylic acids is 2. The first-order valence-electron chi connectivity index (χ1n) is 13.7. The Labute approximate surface area is 312 Å². The summed E-state index contributed by atoms with van der Waals surface area (Å²) in [5.74, 6) is -0.930. The molecule has 228 valence electrons. The fourth-order valence-electron chi connectivity index (χ4n) is 5.68. The van der Waals surface area contributed by atoms with E-state index in [1.54, 1.807) is 24.3 Å². The van der Waals surface area contributed by atoms with E-state index in [-0.39, 0.29) is 104 Å². The summed E-state index contributed by atoms with van der Waals surface area (Å²) in [6.45, 7) is 6.68. The number of benzene rings is 4. The van der Waals surface area contributed by atoms with Crippen LogP contribution in [0.25, 0.3) is 0 Å². The van der Waals surface area contributed by atoms with Crippen LogP contribution >= 0.6 is 0 Å². The molecule has 1 aliphatic carbocycles. The van der Waals surface area contributed by atoms with Gasteiger partial charge in [0, 0.05) is 22.5 Å². The molecule has 1 aliphatic rings. The summed E-state index contributed by atoms with van der Waals surface area (Å²) in [5, 5.41) is 6.29. The molecule has 10 nitrogen and oxygen atoms in total. The molecule has 0 aliphatic heterocycles. The van der Waals surface area contributed by atoms with Gasteiger partial charge in [-0.3, -0.25) is 9.59 Å². The average Bonchev–Trinajstić information content (AvgIpc) is 2.96. The topological polar surface area (TPSA) is 173 Å². The first-order valence-corrected chi connectivity index (χ1v) is 16.6. The molecule has 0 atom stereocenters. The second-order valence-electron chi connectivity index (χ2n) is 10.4. The molecule has 14 heteroatoms. The molecule has 0 fully saturated rings. The smallest absolute Gasteiger partial charge is 0.744 e. The molecule has 0 aromatic heterocycles. The van der Waals surface area contributed by atoms with E-state index in [0.29, 0.717) is 35.3 Å². The van der Waals surface area contributed by atoms with Gasteiger partial charge in [0.15, 0.2) is 11.6 Å². The number of fused-ring (bicyclic) bond motifs is 2. The Morgan fingerprint density at radius 3 is 1.24 bits per heavy atom. The minimum Gasteiger partial charge on any atom is -0.744 e. The Morgan fingerprint density at radius 1 is 0.587 bits per heavy atom. The van der Waals surface area contributed by atoms with E-state index in [4.69, 9.17) is 0 Å². The molecule has 4 aromatic rings. The summed E-state index contributed by atoms with van der Waals surface area (Å²) >= 11 is 0. The Morgan fingerprint density at radius 2 is 0.935 bits per heavy atom. The first kappa shape index (κ1) is 38.1. The fourth-order valence-corrected chi connectivity index (χ4v) is 7.10. The van der Waals surface area contributed by atoms with E-state index in [0.717, 1.165) is 0 Å². The van der Waals surface area contributed by atoms with E-state index >= 15 is 0 Å². The third-order valence-corrected chi connectivity index (χ3v) is 9.86. The van der Waals surface area contributed by atoms with Crippen LogP contribution in [0.2, 0.25) is 0 Å². The van der Waals surface area contributed by atoms with Crippen molar-refractivity contribution < 1.29 is 94.6 Å². The van der Waals surface area contributed by atoms with Gasteiger partial charge in [0.1, 0.15) is 20.2 Å². The monoisotopic (exact) mass is 678 g/mol. The zero-order valence-corrected chi connectivity index (χ0v) is 31.9. The van der Waals surface area contributed by atoms with Crippen LogP contribution in [0.4, 0.5) is 22.7 Å². The fraction of sp³-hybridized carbons (Fsp3) is 0.188. The van der Waals surface area contributed by atoms with E-state index in [2.05, 4.69) is 10.6 Å². The van der Waals surface area contributed by atoms with Crippen molar-refractivity contribution in [3.05, 3.63) is 105 Å². The van der Waals surface area contributed by atoms with Crippen molar-refractivity contribution in [1.29, 1.82) is 0 Å². The Bertz CT molecular complexity index is 1970. The molecule has 0 unspecified atom stereocenters. The third-order valence-electron chi connectivity index (χ3n) is 7.90. The number of hydrogen-bond acceptors (Lipinski definition) is 10. The number of aryl methyl sites for hydroxylation is 2. The predicted molar refractivity (Wildman–Crippen MR) is 163 cm³/mol. The number of anilines is 4. The first-order chi connectivity index (χ1) is 20.7. The summed E-state index contributed by atoms with van der Waals surface area (Å²) in [4.78, 5) is 27.2. The summed E-state index contributed by atoms with van der Waals surface area (Å²) in [6.07, 6.45) is 0.940. The molecule has 0 bridgehead atoms. The second kappa shape index (κ2) is 14.4. The molecule has 46 heavy (non-hydrogen) atoms. The van der Waals surface area contributed by atoms with Crippen LogP contribution in [-0.2, 0) is 33.1 Å². The Hall–Kier alpha value is -2.36. The number of ketones is 2. The normalized spacial score (nSPS) is 12.4. The van der Waals surface area contributed by atoms with Crippen molar-refractivity contribution in [2.24, 2.45) is 0 Å². The van der Waals surface area contributed by atoms with Gasteiger partial charge in [-0.25, -0.2) is 16.8 Å². The van der Waals surface area contributed by atoms with E-state index in [1.165, 1.54) is 50.2 Å². The standard InChI is InChI=1S/C32H30N2O8S2.2Na/c1-5-19-11-15-25(43(37,38)39)17(3)29(19)33-23-13-14-24(28-27(23)31(35)21-9-7-8-10-22(21)32(28)36)34-30-18(4)26(44(40,41)42)16-12-20(30)6-2;;/h7-16,33-34H,5-6H2,1-4H3,(H,37,38,39)(H,40,41,42);;/q;2*+1/p-2. The van der Waals surface area contributed by atoms with Crippen LogP contribution in [0.1, 0.15) is 67.9 Å². The van der Waals surface area contributed by atoms with E-state index in [1.807, 2.05) is 13.8 Å². The summed E-state index contributed by atoms with van der Waals surface area (Å²) < 4.78 is 71.8. The zero-order chi connectivity index (χ0) is 32.1. The molecule has 5 rings (SSSR count). The molecule has 2 N–H and O–H groups in total. The third kappa shape index (κ3) is 6.93. The summed E-state index contributed by atoms with van der Waals surface area (Å²) in [7, 11) is -9.60. The van der Waals surface area contributed by atoms with Crippen molar-refractivity contribution in [2.45, 2.75) is 50.3 Å². The van der Waals surface area contributed by atoms with Crippen LogP contribution < -0.4 is 69.7 Å². The van der Waals surface area contributed by atoms with Crippen LogP contribution in [0.3, 0.4) is 0 Å². The molecule has 4 aromatic carbocycles. The molecular weight excluding hydrogens is 650 g/mol. The maximum atomic E-state index is 14.0. The maximum absolute atomic E-state index is 14.0. The van der Waals surface area contributed by atoms with Gasteiger partial charge in [-0.1, -0.05) is 50.2 Å². The molecule has 0 amide bonds. The number of carbonyl (C=O) groups is 2. The molecule has 0 radical (unpaired) electrons. The van der Waals surface area contributed by atoms with Gasteiger partial charge >= 0.3 is 59.1 Å². The van der Waals surface area contributed by atoms with Gasteiger partial charge in [0.25, 0.3) is 0 Å². The van der Waals surface area contributed by atoms with Gasteiger partial charge in [-0.15, -0.1) is 0 Å². The van der Waals surface area contributed by atoms with Crippen LogP contribution in [-0.4, -0.2) is 37.5 Å². The van der Waals surface area contributed by atoms with Gasteiger partial charge in [0.2, 0.25) is 0 Å². The molecule has 0 saturated heterocycles. The molecule has 0 saturated carbocycles. The SMILES string of the molecule is CCc1ccc(S(=O)(=O)[O-])c(C)c1Nc1ccc(Nc2c(CC)ccc(S(=O)(=O)[O-])c2C)c2c1C(=O)c1ccccc1C2=O.[Na+].[Na+]. The molecule has 0 spiro atoms. The van der Waals surface area contributed by atoms with Crippen LogP contribution in [0.5, 0.6) is 0 Å². The minimum atomic E-state index is -4.80. The van der Waals surface area contributed by atoms with Crippen molar-refractivity contribution in [2.75, 3.05) is 10.6 Å². The van der Waals surface area contributed by atoms with Gasteiger partial charge in [-0.05, 0) is 73.2 Å². The molecular formula is C32H28N2Na2O8S2. The van der Waals surface area contributed by atoms with Crippen LogP contribution in [0, 0.1) is 13.8 Å². The quantitative estimate of drug-likeness (QED) is 0.161. The number of hydrogen-bond donors (Lipinski definition) is 2. The van der Waals surface area contributed by atoms with Gasteiger partial charge in [0.05, 0.1) is 32.3 Å². The predicted octanol–water partition coefficient (Wildman–Crippen LogP) is -0.493. The van der Waals surface area contributed by atoms with Gasteiger partial charge in [-0.2, -0.15) is 0 Å². The Balaban J connectivity index is 0.00000288. The van der Waals surface area contributed by atoms with Crippen molar-refractivity contribution >= 4 is 54.6 Å². The van der Waals surface area contributed by atoms with E-state index in [9.17, 15) is 35.5 Å².